The van der Waals surface area contributed by atoms with Gasteiger partial charge in [-0.2, -0.15) is 0 Å². The van der Waals surface area contributed by atoms with Gasteiger partial charge in [0.15, 0.2) is 11.6 Å². The van der Waals surface area contributed by atoms with Crippen molar-refractivity contribution < 1.29 is 5.11 Å². The summed E-state index contributed by atoms with van der Waals surface area (Å²) in [7, 11) is 1.92. The van der Waals surface area contributed by atoms with Gasteiger partial charge in [0.25, 0.3) is 0 Å². The van der Waals surface area contributed by atoms with Crippen LogP contribution in [0.1, 0.15) is 17.2 Å². The lowest BCUT2D eigenvalue weighted by molar-refractivity contribution is 0.165. The number of anilines is 1. The molecule has 1 aliphatic carbocycles. The Kier molecular flexibility index (Phi) is 3.65. The number of hydrogen-bond acceptors (Lipinski definition) is 5. The number of aromatic nitrogens is 4. The van der Waals surface area contributed by atoms with Crippen LogP contribution in [0.25, 0.3) is 22.6 Å². The van der Waals surface area contributed by atoms with E-state index in [9.17, 15) is 5.11 Å². The predicted octanol–water partition coefficient (Wildman–Crippen LogP) is 3.10. The summed E-state index contributed by atoms with van der Waals surface area (Å²) in [6, 6.07) is 15.8. The van der Waals surface area contributed by atoms with Gasteiger partial charge in [0.1, 0.15) is 5.82 Å². The highest BCUT2D eigenvalue weighted by Gasteiger charge is 2.31. The van der Waals surface area contributed by atoms with Crippen molar-refractivity contribution in [1.29, 1.82) is 0 Å². The van der Waals surface area contributed by atoms with Gasteiger partial charge in [-0.3, -0.25) is 0 Å². The van der Waals surface area contributed by atoms with Crippen LogP contribution in [-0.4, -0.2) is 30.7 Å². The highest BCUT2D eigenvalue weighted by Crippen LogP contribution is 2.35. The summed E-state index contributed by atoms with van der Waals surface area (Å²) in [5.74, 6) is 1.97. The molecule has 0 unspecified atom stereocenters. The molecule has 2 atom stereocenters. The standard InChI is InChI=1S/C21H19N5O/c1-26-11-10-22-21(26)20-23-16-9-5-4-8-15(16)19(25-20)24-18-14-7-3-2-6-13(14)12-17(18)27/h2-11,17-18,27H,12H2,1H3,(H,23,24,25)/t17-,18+/m1/s1. The van der Waals surface area contributed by atoms with Gasteiger partial charge >= 0.3 is 0 Å². The van der Waals surface area contributed by atoms with E-state index in [0.29, 0.717) is 23.9 Å². The molecular formula is C21H19N5O. The summed E-state index contributed by atoms with van der Waals surface area (Å²) in [5, 5.41) is 15.0. The average molecular weight is 357 g/mol. The number of aliphatic hydroxyl groups excluding tert-OH is 1. The number of aryl methyl sites for hydroxylation is 1. The van der Waals surface area contributed by atoms with Gasteiger partial charge in [0, 0.05) is 31.2 Å². The number of hydrogen-bond donors (Lipinski definition) is 2. The van der Waals surface area contributed by atoms with Crippen LogP contribution in [0.3, 0.4) is 0 Å². The van der Waals surface area contributed by atoms with Gasteiger partial charge in [0.05, 0.1) is 17.7 Å². The number of rotatable bonds is 3. The molecule has 134 valence electrons. The van der Waals surface area contributed by atoms with Crippen molar-refractivity contribution in [2.75, 3.05) is 5.32 Å². The molecule has 27 heavy (non-hydrogen) atoms. The normalized spacial score (nSPS) is 18.6. The third-order valence-corrected chi connectivity index (χ3v) is 5.12. The molecule has 0 bridgehead atoms. The van der Waals surface area contributed by atoms with E-state index < -0.39 is 6.10 Å². The van der Waals surface area contributed by atoms with Crippen LogP contribution in [0.15, 0.2) is 60.9 Å². The van der Waals surface area contributed by atoms with E-state index >= 15 is 0 Å². The van der Waals surface area contributed by atoms with Gasteiger partial charge in [-0.1, -0.05) is 36.4 Å². The third kappa shape index (κ3) is 2.65. The summed E-state index contributed by atoms with van der Waals surface area (Å²) in [6.07, 6.45) is 3.76. The van der Waals surface area contributed by atoms with Crippen molar-refractivity contribution in [2.45, 2.75) is 18.6 Å². The van der Waals surface area contributed by atoms with Crippen molar-refractivity contribution in [3.63, 3.8) is 0 Å². The smallest absolute Gasteiger partial charge is 0.198 e. The summed E-state index contributed by atoms with van der Waals surface area (Å²) >= 11 is 0. The zero-order chi connectivity index (χ0) is 18.4. The van der Waals surface area contributed by atoms with Crippen LogP contribution in [0.2, 0.25) is 0 Å². The fourth-order valence-corrected chi connectivity index (χ4v) is 3.76. The molecule has 0 saturated heterocycles. The van der Waals surface area contributed by atoms with Crippen molar-refractivity contribution in [1.82, 2.24) is 19.5 Å². The lowest BCUT2D eigenvalue weighted by Crippen LogP contribution is -2.22. The Balaban J connectivity index is 1.63. The molecule has 2 N–H and O–H groups in total. The molecule has 0 radical (unpaired) electrons. The van der Waals surface area contributed by atoms with Crippen LogP contribution in [0.5, 0.6) is 0 Å². The quantitative estimate of drug-likeness (QED) is 0.589. The number of aliphatic hydroxyl groups is 1. The fraction of sp³-hybridized carbons (Fsp3) is 0.190. The third-order valence-electron chi connectivity index (χ3n) is 5.12. The zero-order valence-electron chi connectivity index (χ0n) is 14.9. The number of benzene rings is 2. The molecule has 2 aromatic carbocycles. The van der Waals surface area contributed by atoms with Crippen molar-refractivity contribution in [3.8, 4) is 11.6 Å². The number of imidazole rings is 1. The van der Waals surface area contributed by atoms with E-state index in [1.165, 1.54) is 5.56 Å². The van der Waals surface area contributed by atoms with E-state index in [1.54, 1.807) is 6.20 Å². The Morgan fingerprint density at radius 2 is 1.89 bits per heavy atom. The monoisotopic (exact) mass is 357 g/mol. The van der Waals surface area contributed by atoms with E-state index in [0.717, 1.165) is 16.5 Å². The molecular weight excluding hydrogens is 338 g/mol. The van der Waals surface area contributed by atoms with Crippen molar-refractivity contribution in [3.05, 3.63) is 72.1 Å². The van der Waals surface area contributed by atoms with E-state index in [2.05, 4.69) is 27.4 Å². The minimum Gasteiger partial charge on any atom is -0.390 e. The van der Waals surface area contributed by atoms with E-state index in [-0.39, 0.29) is 6.04 Å². The molecule has 0 aliphatic heterocycles. The first-order valence-corrected chi connectivity index (χ1v) is 8.97. The molecule has 2 aromatic heterocycles. The average Bonchev–Trinajstić information content (AvgIpc) is 3.25. The van der Waals surface area contributed by atoms with Crippen molar-refractivity contribution in [2.24, 2.45) is 7.05 Å². The highest BCUT2D eigenvalue weighted by atomic mass is 16.3. The number of para-hydroxylation sites is 1. The van der Waals surface area contributed by atoms with Gasteiger partial charge in [-0.15, -0.1) is 0 Å². The van der Waals surface area contributed by atoms with Gasteiger partial charge in [-0.05, 0) is 23.3 Å². The second-order valence-electron chi connectivity index (χ2n) is 6.87. The summed E-state index contributed by atoms with van der Waals surface area (Å²) in [5.41, 5.74) is 3.13. The van der Waals surface area contributed by atoms with Crippen LogP contribution >= 0.6 is 0 Å². The number of fused-ring (bicyclic) bond motifs is 2. The maximum atomic E-state index is 10.6. The molecule has 6 heteroatoms. The summed E-state index contributed by atoms with van der Waals surface area (Å²) in [6.45, 7) is 0. The second kappa shape index (κ2) is 6.17. The van der Waals surface area contributed by atoms with E-state index in [4.69, 9.17) is 4.98 Å². The van der Waals surface area contributed by atoms with Crippen LogP contribution in [0, 0.1) is 0 Å². The molecule has 6 nitrogen and oxygen atoms in total. The lowest BCUT2D eigenvalue weighted by atomic mass is 10.1. The maximum absolute atomic E-state index is 10.6. The van der Waals surface area contributed by atoms with Gasteiger partial charge < -0.3 is 15.0 Å². The fourth-order valence-electron chi connectivity index (χ4n) is 3.76. The van der Waals surface area contributed by atoms with Gasteiger partial charge in [0.2, 0.25) is 0 Å². The largest absolute Gasteiger partial charge is 0.390 e. The predicted molar refractivity (Wildman–Crippen MR) is 104 cm³/mol. The first kappa shape index (κ1) is 16.0. The minimum atomic E-state index is -0.493. The highest BCUT2D eigenvalue weighted by molar-refractivity contribution is 5.90. The Morgan fingerprint density at radius 3 is 2.74 bits per heavy atom. The molecule has 2 heterocycles. The van der Waals surface area contributed by atoms with Crippen LogP contribution in [0.4, 0.5) is 5.82 Å². The molecule has 0 fully saturated rings. The topological polar surface area (TPSA) is 75.9 Å². The number of nitrogens with zero attached hydrogens (tertiary/aromatic N) is 4. The van der Waals surface area contributed by atoms with Crippen molar-refractivity contribution >= 4 is 16.7 Å². The number of nitrogens with one attached hydrogen (secondary N) is 1. The van der Waals surface area contributed by atoms with Crippen LogP contribution in [-0.2, 0) is 13.5 Å². The van der Waals surface area contributed by atoms with Crippen LogP contribution < -0.4 is 5.32 Å². The molecule has 0 spiro atoms. The maximum Gasteiger partial charge on any atom is 0.198 e. The SMILES string of the molecule is Cn1ccnc1-c1nc(N[C@H]2c3ccccc3C[C@H]2O)c2ccccc2n1. The first-order chi connectivity index (χ1) is 13.2. The molecule has 4 aromatic rings. The summed E-state index contributed by atoms with van der Waals surface area (Å²) in [4.78, 5) is 13.8. The first-order valence-electron chi connectivity index (χ1n) is 8.97. The molecule has 0 amide bonds. The minimum absolute atomic E-state index is 0.200. The summed E-state index contributed by atoms with van der Waals surface area (Å²) < 4.78 is 1.90. The Bertz CT molecular complexity index is 1140. The second-order valence-corrected chi connectivity index (χ2v) is 6.87. The lowest BCUT2D eigenvalue weighted by Gasteiger charge is -2.20. The zero-order valence-corrected chi connectivity index (χ0v) is 14.9. The van der Waals surface area contributed by atoms with E-state index in [1.807, 2.05) is 54.2 Å². The van der Waals surface area contributed by atoms with Gasteiger partial charge in [-0.25, -0.2) is 15.0 Å². The molecule has 5 rings (SSSR count). The Morgan fingerprint density at radius 1 is 1.07 bits per heavy atom. The molecule has 1 aliphatic rings. The molecule has 0 saturated carbocycles. The Hall–Kier alpha value is -3.25. The Labute approximate surface area is 156 Å².